The number of aromatic nitrogens is 3. The molecular weight excluding hydrogens is 280 g/mol. The predicted molar refractivity (Wildman–Crippen MR) is 87.7 cm³/mol. The number of thiazole rings is 1. The van der Waals surface area contributed by atoms with E-state index in [4.69, 9.17) is 4.98 Å². The lowest BCUT2D eigenvalue weighted by Gasteiger charge is -2.22. The normalized spacial score (nSPS) is 18.2. The summed E-state index contributed by atoms with van der Waals surface area (Å²) in [5.74, 6) is 0. The van der Waals surface area contributed by atoms with Gasteiger partial charge >= 0.3 is 0 Å². The molecule has 114 valence electrons. The van der Waals surface area contributed by atoms with Crippen LogP contribution < -0.4 is 5.32 Å². The first kappa shape index (κ1) is 14.7. The molecule has 0 spiro atoms. The van der Waals surface area contributed by atoms with Crippen LogP contribution >= 0.6 is 11.3 Å². The maximum Gasteiger partial charge on any atom is 0.142 e. The van der Waals surface area contributed by atoms with Crippen molar-refractivity contribution in [2.24, 2.45) is 0 Å². The minimum absolute atomic E-state index is 0.414. The summed E-state index contributed by atoms with van der Waals surface area (Å²) in [7, 11) is 0. The highest BCUT2D eigenvalue weighted by Gasteiger charge is 2.25. The highest BCUT2D eigenvalue weighted by molar-refractivity contribution is 7.15. The summed E-state index contributed by atoms with van der Waals surface area (Å²) in [6.45, 7) is 7.65. The summed E-state index contributed by atoms with van der Waals surface area (Å²) in [5, 5.41) is 4.77. The molecule has 0 fully saturated rings. The van der Waals surface area contributed by atoms with Crippen molar-refractivity contribution in [1.82, 2.24) is 19.9 Å². The Morgan fingerprint density at radius 2 is 2.33 bits per heavy atom. The topological polar surface area (TPSA) is 42.7 Å². The van der Waals surface area contributed by atoms with Crippen LogP contribution in [0.2, 0.25) is 0 Å². The Balaban J connectivity index is 1.92. The molecule has 0 aliphatic heterocycles. The van der Waals surface area contributed by atoms with Gasteiger partial charge in [-0.3, -0.25) is 0 Å². The Hall–Kier alpha value is -1.20. The molecule has 1 aliphatic rings. The van der Waals surface area contributed by atoms with Gasteiger partial charge in [0.05, 0.1) is 30.0 Å². The average molecular weight is 304 g/mol. The van der Waals surface area contributed by atoms with Crippen molar-refractivity contribution in [3.05, 3.63) is 23.1 Å². The van der Waals surface area contributed by atoms with Gasteiger partial charge in [-0.05, 0) is 46.1 Å². The Kier molecular flexibility index (Phi) is 4.40. The Labute approximate surface area is 130 Å². The second-order valence-corrected chi connectivity index (χ2v) is 7.09. The first-order valence-electron chi connectivity index (χ1n) is 7.96. The van der Waals surface area contributed by atoms with Gasteiger partial charge in [0.2, 0.25) is 0 Å². The number of rotatable bonds is 5. The minimum Gasteiger partial charge on any atom is -0.326 e. The number of imidazole rings is 1. The molecule has 0 amide bonds. The summed E-state index contributed by atoms with van der Waals surface area (Å²) < 4.78 is 2.21. The Morgan fingerprint density at radius 1 is 1.48 bits per heavy atom. The summed E-state index contributed by atoms with van der Waals surface area (Å²) in [5.41, 5.74) is 2.44. The lowest BCUT2D eigenvalue weighted by atomic mass is 9.97. The number of hydrogen-bond donors (Lipinski definition) is 1. The zero-order chi connectivity index (χ0) is 14.8. The highest BCUT2D eigenvalue weighted by atomic mass is 32.1. The van der Waals surface area contributed by atoms with Crippen LogP contribution in [0.1, 0.15) is 62.7 Å². The third-order valence-corrected chi connectivity index (χ3v) is 5.19. The number of nitrogens with zero attached hydrogens (tertiary/aromatic N) is 3. The SMILES string of the molecule is CCCNC1CCCc2sc(-c3cncn3C(C)C)nc21. The van der Waals surface area contributed by atoms with E-state index in [0.29, 0.717) is 12.1 Å². The highest BCUT2D eigenvalue weighted by Crippen LogP contribution is 2.37. The van der Waals surface area contributed by atoms with Crippen molar-refractivity contribution in [3.63, 3.8) is 0 Å². The van der Waals surface area contributed by atoms with Crippen molar-refractivity contribution in [2.75, 3.05) is 6.54 Å². The van der Waals surface area contributed by atoms with E-state index >= 15 is 0 Å². The van der Waals surface area contributed by atoms with Gasteiger partial charge in [-0.25, -0.2) is 9.97 Å². The van der Waals surface area contributed by atoms with E-state index in [1.807, 2.05) is 23.9 Å². The van der Waals surface area contributed by atoms with Gasteiger partial charge in [0.15, 0.2) is 0 Å². The van der Waals surface area contributed by atoms with E-state index in [-0.39, 0.29) is 0 Å². The molecule has 1 N–H and O–H groups in total. The third kappa shape index (κ3) is 2.90. The van der Waals surface area contributed by atoms with Gasteiger partial charge in [0.25, 0.3) is 0 Å². The lowest BCUT2D eigenvalue weighted by molar-refractivity contribution is 0.454. The maximum atomic E-state index is 4.97. The lowest BCUT2D eigenvalue weighted by Crippen LogP contribution is -2.25. The van der Waals surface area contributed by atoms with Crippen molar-refractivity contribution < 1.29 is 0 Å². The molecule has 2 aromatic rings. The van der Waals surface area contributed by atoms with Gasteiger partial charge in [-0.15, -0.1) is 11.3 Å². The van der Waals surface area contributed by atoms with E-state index in [0.717, 1.165) is 17.2 Å². The van der Waals surface area contributed by atoms with Crippen molar-refractivity contribution >= 4 is 11.3 Å². The second kappa shape index (κ2) is 6.28. The maximum absolute atomic E-state index is 4.97. The van der Waals surface area contributed by atoms with Gasteiger partial charge < -0.3 is 9.88 Å². The van der Waals surface area contributed by atoms with E-state index in [2.05, 4.69) is 35.6 Å². The molecule has 0 saturated heterocycles. The van der Waals surface area contributed by atoms with Gasteiger partial charge in [-0.1, -0.05) is 6.92 Å². The summed E-state index contributed by atoms with van der Waals surface area (Å²) in [6.07, 6.45) is 8.67. The molecular formula is C16H24N4S. The van der Waals surface area contributed by atoms with Crippen LogP contribution in [-0.2, 0) is 6.42 Å². The van der Waals surface area contributed by atoms with Crippen molar-refractivity contribution in [2.45, 2.75) is 58.5 Å². The van der Waals surface area contributed by atoms with E-state index < -0.39 is 0 Å². The largest absolute Gasteiger partial charge is 0.326 e. The quantitative estimate of drug-likeness (QED) is 0.909. The van der Waals surface area contributed by atoms with Crippen LogP contribution in [0, 0.1) is 0 Å². The molecule has 1 unspecified atom stereocenters. The van der Waals surface area contributed by atoms with Crippen LogP contribution in [0.25, 0.3) is 10.7 Å². The van der Waals surface area contributed by atoms with Crippen LogP contribution in [0.3, 0.4) is 0 Å². The molecule has 3 rings (SSSR count). The number of hydrogen-bond acceptors (Lipinski definition) is 4. The molecule has 1 atom stereocenters. The molecule has 0 radical (unpaired) electrons. The van der Waals surface area contributed by atoms with Crippen LogP contribution in [0.15, 0.2) is 12.5 Å². The fraction of sp³-hybridized carbons (Fsp3) is 0.625. The molecule has 21 heavy (non-hydrogen) atoms. The Bertz CT molecular complexity index is 599. The van der Waals surface area contributed by atoms with Gasteiger partial charge in [0, 0.05) is 10.9 Å². The van der Waals surface area contributed by atoms with Gasteiger partial charge in [0.1, 0.15) is 5.01 Å². The predicted octanol–water partition coefficient (Wildman–Crippen LogP) is 3.96. The zero-order valence-electron chi connectivity index (χ0n) is 13.1. The van der Waals surface area contributed by atoms with Crippen LogP contribution in [-0.4, -0.2) is 21.1 Å². The number of nitrogens with one attached hydrogen (secondary N) is 1. The monoisotopic (exact) mass is 304 g/mol. The summed E-state index contributed by atoms with van der Waals surface area (Å²) in [4.78, 5) is 10.7. The standard InChI is InChI=1S/C16H24N4S/c1-4-8-18-12-6-5-7-14-15(12)19-16(21-14)13-9-17-10-20(13)11(2)3/h9-12,18H,4-8H2,1-3H3. The van der Waals surface area contributed by atoms with E-state index in [1.165, 1.54) is 36.3 Å². The summed E-state index contributed by atoms with van der Waals surface area (Å²) >= 11 is 1.85. The Morgan fingerprint density at radius 3 is 3.10 bits per heavy atom. The molecule has 5 heteroatoms. The number of fused-ring (bicyclic) bond motifs is 1. The fourth-order valence-electron chi connectivity index (χ4n) is 2.93. The number of aryl methyl sites for hydroxylation is 1. The third-order valence-electron chi connectivity index (χ3n) is 4.04. The molecule has 2 aromatic heterocycles. The van der Waals surface area contributed by atoms with E-state index in [1.54, 1.807) is 0 Å². The van der Waals surface area contributed by atoms with E-state index in [9.17, 15) is 0 Å². The smallest absolute Gasteiger partial charge is 0.142 e. The molecule has 4 nitrogen and oxygen atoms in total. The molecule has 2 heterocycles. The van der Waals surface area contributed by atoms with Crippen molar-refractivity contribution in [1.29, 1.82) is 0 Å². The molecule has 1 aliphatic carbocycles. The minimum atomic E-state index is 0.414. The molecule has 0 bridgehead atoms. The van der Waals surface area contributed by atoms with Crippen LogP contribution in [0.4, 0.5) is 0 Å². The molecule has 0 aromatic carbocycles. The summed E-state index contributed by atoms with van der Waals surface area (Å²) in [6, 6.07) is 0.853. The zero-order valence-corrected chi connectivity index (χ0v) is 13.9. The van der Waals surface area contributed by atoms with Gasteiger partial charge in [-0.2, -0.15) is 0 Å². The average Bonchev–Trinajstić information content (AvgIpc) is 3.10. The van der Waals surface area contributed by atoms with Crippen LogP contribution in [0.5, 0.6) is 0 Å². The molecule has 0 saturated carbocycles. The first-order chi connectivity index (χ1) is 10.2. The fourth-order valence-corrected chi connectivity index (χ4v) is 4.11. The second-order valence-electron chi connectivity index (χ2n) is 6.01. The first-order valence-corrected chi connectivity index (χ1v) is 8.77. The van der Waals surface area contributed by atoms with Crippen molar-refractivity contribution in [3.8, 4) is 10.7 Å².